The summed E-state index contributed by atoms with van der Waals surface area (Å²) in [5.74, 6) is -4.93. The first kappa shape index (κ1) is 10.5. The molecule has 0 fully saturated rings. The number of ketones is 1. The lowest BCUT2D eigenvalue weighted by atomic mass is 10.1. The van der Waals surface area contributed by atoms with E-state index in [1.54, 1.807) is 6.07 Å². The molecule has 0 atom stereocenters. The van der Waals surface area contributed by atoms with E-state index in [0.717, 1.165) is 0 Å². The van der Waals surface area contributed by atoms with Crippen LogP contribution in [0.15, 0.2) is 30.5 Å². The van der Waals surface area contributed by atoms with E-state index in [2.05, 4.69) is 4.98 Å². The predicted molar refractivity (Wildman–Crippen MR) is 50.5 cm³/mol. The topological polar surface area (TPSA) is 32.9 Å². The van der Waals surface area contributed by atoms with E-state index in [9.17, 15) is 18.0 Å². The normalized spacial score (nSPS) is 10.4. The zero-order valence-electron chi connectivity index (χ0n) is 7.93. The van der Waals surface area contributed by atoms with E-state index >= 15 is 0 Å². The van der Waals surface area contributed by atoms with Crippen molar-refractivity contribution in [1.82, 2.24) is 4.98 Å². The van der Waals surface area contributed by atoms with Crippen LogP contribution in [0, 0.1) is 17.5 Å². The lowest BCUT2D eigenvalue weighted by Crippen LogP contribution is -2.04. The summed E-state index contributed by atoms with van der Waals surface area (Å²) in [5.41, 5.74) is -0.0516. The van der Waals surface area contributed by atoms with Crippen LogP contribution in [0.25, 0.3) is 0 Å². The number of nitrogens with one attached hydrogen (secondary N) is 1. The SMILES string of the molecule is O=C(c1cc(F)c(F)c(F)c1)c1ccc[nH]1. The van der Waals surface area contributed by atoms with Crippen molar-refractivity contribution in [2.24, 2.45) is 0 Å². The zero-order valence-corrected chi connectivity index (χ0v) is 7.93. The Morgan fingerprint density at radius 1 is 1.12 bits per heavy atom. The fourth-order valence-corrected chi connectivity index (χ4v) is 1.31. The summed E-state index contributed by atoms with van der Waals surface area (Å²) < 4.78 is 38.4. The minimum atomic E-state index is -1.58. The number of halogens is 3. The second-order valence-electron chi connectivity index (χ2n) is 3.17. The third-order valence-corrected chi connectivity index (χ3v) is 2.09. The molecule has 0 saturated heterocycles. The second kappa shape index (κ2) is 3.84. The number of carbonyl (C=O) groups is 1. The van der Waals surface area contributed by atoms with Gasteiger partial charge in [0, 0.05) is 11.8 Å². The first-order chi connectivity index (χ1) is 7.59. The maximum atomic E-state index is 12.9. The Morgan fingerprint density at radius 2 is 1.75 bits per heavy atom. The fraction of sp³-hybridized carbons (Fsp3) is 0. The smallest absolute Gasteiger partial charge is 0.209 e. The van der Waals surface area contributed by atoms with Gasteiger partial charge in [0.1, 0.15) is 0 Å². The van der Waals surface area contributed by atoms with Gasteiger partial charge in [0.2, 0.25) is 5.78 Å². The van der Waals surface area contributed by atoms with Gasteiger partial charge < -0.3 is 4.98 Å². The maximum Gasteiger partial charge on any atom is 0.209 e. The summed E-state index contributed by atoms with van der Waals surface area (Å²) in [6.45, 7) is 0. The quantitative estimate of drug-likeness (QED) is 0.618. The standard InChI is InChI=1S/C11H6F3NO/c12-7-4-6(5-8(13)10(7)14)11(16)9-2-1-3-15-9/h1-5,15H. The molecule has 1 N–H and O–H groups in total. The molecular formula is C11H6F3NO. The van der Waals surface area contributed by atoms with Crippen molar-refractivity contribution < 1.29 is 18.0 Å². The minimum Gasteiger partial charge on any atom is -0.359 e. The van der Waals surface area contributed by atoms with Gasteiger partial charge in [-0.1, -0.05) is 0 Å². The molecule has 0 spiro atoms. The first-order valence-electron chi connectivity index (χ1n) is 4.42. The molecule has 0 aliphatic rings. The first-order valence-corrected chi connectivity index (χ1v) is 4.42. The molecule has 0 bridgehead atoms. The average molecular weight is 225 g/mol. The van der Waals surface area contributed by atoms with Gasteiger partial charge in [0.15, 0.2) is 17.5 Å². The maximum absolute atomic E-state index is 12.9. The molecule has 5 heteroatoms. The highest BCUT2D eigenvalue weighted by Gasteiger charge is 2.16. The number of hydrogen-bond acceptors (Lipinski definition) is 1. The van der Waals surface area contributed by atoms with E-state index in [4.69, 9.17) is 0 Å². The summed E-state index contributed by atoms with van der Waals surface area (Å²) in [4.78, 5) is 14.2. The van der Waals surface area contributed by atoms with Crippen molar-refractivity contribution in [3.8, 4) is 0 Å². The third-order valence-electron chi connectivity index (χ3n) is 2.09. The molecule has 0 aliphatic heterocycles. The molecule has 2 nitrogen and oxygen atoms in total. The molecule has 16 heavy (non-hydrogen) atoms. The number of H-pyrrole nitrogens is 1. The monoisotopic (exact) mass is 225 g/mol. The van der Waals surface area contributed by atoms with Crippen LogP contribution >= 0.6 is 0 Å². The number of rotatable bonds is 2. The van der Waals surface area contributed by atoms with Gasteiger partial charge in [-0.05, 0) is 24.3 Å². The molecule has 1 aromatic heterocycles. The van der Waals surface area contributed by atoms with E-state index in [1.807, 2.05) is 0 Å². The van der Waals surface area contributed by atoms with Crippen LogP contribution in [0.4, 0.5) is 13.2 Å². The summed E-state index contributed by atoms with van der Waals surface area (Å²) in [5, 5.41) is 0. The summed E-state index contributed by atoms with van der Waals surface area (Å²) in [6, 6.07) is 4.37. The van der Waals surface area contributed by atoms with Crippen LogP contribution in [-0.2, 0) is 0 Å². The number of hydrogen-bond donors (Lipinski definition) is 1. The number of benzene rings is 1. The molecule has 1 aromatic carbocycles. The lowest BCUT2D eigenvalue weighted by Gasteiger charge is -2.01. The summed E-state index contributed by atoms with van der Waals surface area (Å²) >= 11 is 0. The Hall–Kier alpha value is -2.04. The van der Waals surface area contributed by atoms with E-state index in [1.165, 1.54) is 12.3 Å². The molecule has 82 valence electrons. The van der Waals surface area contributed by atoms with E-state index in [0.29, 0.717) is 12.1 Å². The van der Waals surface area contributed by atoms with Gasteiger partial charge >= 0.3 is 0 Å². The molecule has 2 aromatic rings. The number of aromatic amines is 1. The Bertz CT molecular complexity index is 511. The van der Waals surface area contributed by atoms with Gasteiger partial charge in [-0.3, -0.25) is 4.79 Å². The van der Waals surface area contributed by atoms with Gasteiger partial charge in [-0.15, -0.1) is 0 Å². The predicted octanol–water partition coefficient (Wildman–Crippen LogP) is 2.66. The molecule has 0 amide bonds. The zero-order chi connectivity index (χ0) is 11.7. The van der Waals surface area contributed by atoms with Crippen molar-refractivity contribution in [1.29, 1.82) is 0 Å². The highest BCUT2D eigenvalue weighted by atomic mass is 19.2. The number of carbonyl (C=O) groups excluding carboxylic acids is 1. The van der Waals surface area contributed by atoms with Crippen LogP contribution in [0.5, 0.6) is 0 Å². The lowest BCUT2D eigenvalue weighted by molar-refractivity contribution is 0.103. The summed E-state index contributed by atoms with van der Waals surface area (Å²) in [6.07, 6.45) is 1.50. The van der Waals surface area contributed by atoms with Crippen LogP contribution in [0.1, 0.15) is 16.1 Å². The van der Waals surface area contributed by atoms with Gasteiger partial charge in [-0.25, -0.2) is 13.2 Å². The molecule has 0 saturated carbocycles. The van der Waals surface area contributed by atoms with Gasteiger partial charge in [-0.2, -0.15) is 0 Å². The van der Waals surface area contributed by atoms with Crippen LogP contribution in [0.3, 0.4) is 0 Å². The molecule has 0 aliphatic carbocycles. The molecule has 0 unspecified atom stereocenters. The van der Waals surface area contributed by atoms with Crippen LogP contribution in [0.2, 0.25) is 0 Å². The Kier molecular flexibility index (Phi) is 2.52. The minimum absolute atomic E-state index is 0.186. The van der Waals surface area contributed by atoms with Crippen molar-refractivity contribution in [2.45, 2.75) is 0 Å². The number of aromatic nitrogens is 1. The third kappa shape index (κ3) is 1.71. The van der Waals surface area contributed by atoms with Crippen LogP contribution < -0.4 is 0 Å². The van der Waals surface area contributed by atoms with Crippen LogP contribution in [-0.4, -0.2) is 10.8 Å². The van der Waals surface area contributed by atoms with Crippen molar-refractivity contribution in [3.05, 3.63) is 59.2 Å². The largest absolute Gasteiger partial charge is 0.359 e. The molecule has 2 rings (SSSR count). The van der Waals surface area contributed by atoms with Crippen molar-refractivity contribution >= 4 is 5.78 Å². The van der Waals surface area contributed by atoms with Gasteiger partial charge in [0.25, 0.3) is 0 Å². The average Bonchev–Trinajstić information content (AvgIpc) is 2.77. The Balaban J connectivity index is 2.46. The van der Waals surface area contributed by atoms with E-state index in [-0.39, 0.29) is 11.3 Å². The summed E-state index contributed by atoms with van der Waals surface area (Å²) in [7, 11) is 0. The van der Waals surface area contributed by atoms with Crippen molar-refractivity contribution in [2.75, 3.05) is 0 Å². The highest BCUT2D eigenvalue weighted by molar-refractivity contribution is 6.07. The van der Waals surface area contributed by atoms with Crippen molar-refractivity contribution in [3.63, 3.8) is 0 Å². The Morgan fingerprint density at radius 3 is 2.25 bits per heavy atom. The molecule has 1 heterocycles. The molecule has 0 radical (unpaired) electrons. The Labute approximate surface area is 88.7 Å². The van der Waals surface area contributed by atoms with Gasteiger partial charge in [0.05, 0.1) is 5.69 Å². The van der Waals surface area contributed by atoms with E-state index < -0.39 is 23.2 Å². The highest BCUT2D eigenvalue weighted by Crippen LogP contribution is 2.16. The molecular weight excluding hydrogens is 219 g/mol. The fourth-order valence-electron chi connectivity index (χ4n) is 1.31. The second-order valence-corrected chi connectivity index (χ2v) is 3.17.